The van der Waals surface area contributed by atoms with Crippen molar-refractivity contribution >= 4 is 0 Å². The van der Waals surface area contributed by atoms with Gasteiger partial charge >= 0.3 is 6.18 Å². The van der Waals surface area contributed by atoms with Crippen LogP contribution in [0.3, 0.4) is 0 Å². The van der Waals surface area contributed by atoms with Crippen molar-refractivity contribution in [1.82, 2.24) is 0 Å². The lowest BCUT2D eigenvalue weighted by molar-refractivity contribution is -0.145. The van der Waals surface area contributed by atoms with Gasteiger partial charge in [-0.15, -0.1) is 0 Å². The molecule has 0 aromatic rings. The Balaban J connectivity index is 2.25. The molecule has 1 atom stereocenters. The molecule has 4 heteroatoms. The molecule has 0 aromatic heterocycles. The Morgan fingerprint density at radius 2 is 1.92 bits per heavy atom. The van der Waals surface area contributed by atoms with Gasteiger partial charge in [-0.3, -0.25) is 0 Å². The number of hydrogen-bond acceptors (Lipinski definition) is 1. The summed E-state index contributed by atoms with van der Waals surface area (Å²) in [6, 6.07) is 0. The van der Waals surface area contributed by atoms with Crippen molar-refractivity contribution in [1.29, 1.82) is 0 Å². The Labute approximate surface area is 76.5 Å². The molecule has 2 N–H and O–H groups in total. The molecule has 1 nitrogen and oxygen atoms in total. The lowest BCUT2D eigenvalue weighted by Gasteiger charge is -2.29. The van der Waals surface area contributed by atoms with Gasteiger partial charge in [-0.25, -0.2) is 0 Å². The molecule has 78 valence electrons. The first-order chi connectivity index (χ1) is 6.01. The number of alkyl halides is 3. The SMILES string of the molecule is NC[C@@H](CC1CCC1)CC(F)(F)F. The fourth-order valence-electron chi connectivity index (χ4n) is 1.79. The highest BCUT2D eigenvalue weighted by molar-refractivity contribution is 4.75. The van der Waals surface area contributed by atoms with Crippen LogP contribution in [0.2, 0.25) is 0 Å². The molecule has 0 heterocycles. The normalized spacial score (nSPS) is 21.2. The second kappa shape index (κ2) is 4.31. The molecular weight excluding hydrogens is 179 g/mol. The molecule has 0 amide bonds. The molecule has 0 bridgehead atoms. The van der Waals surface area contributed by atoms with Gasteiger partial charge in [-0.2, -0.15) is 13.2 Å². The Morgan fingerprint density at radius 3 is 2.23 bits per heavy atom. The summed E-state index contributed by atoms with van der Waals surface area (Å²) in [6.07, 6.45) is -0.736. The maximum absolute atomic E-state index is 12.0. The Morgan fingerprint density at radius 1 is 1.31 bits per heavy atom. The summed E-state index contributed by atoms with van der Waals surface area (Å²) in [5, 5.41) is 0. The van der Waals surface area contributed by atoms with Crippen LogP contribution in [-0.2, 0) is 0 Å². The van der Waals surface area contributed by atoms with Crippen LogP contribution in [0.25, 0.3) is 0 Å². The molecular formula is C9H16F3N. The number of nitrogens with two attached hydrogens (primary N) is 1. The Bertz CT molecular complexity index is 151. The van der Waals surface area contributed by atoms with E-state index in [1.165, 1.54) is 6.42 Å². The minimum Gasteiger partial charge on any atom is -0.330 e. The number of hydrogen-bond donors (Lipinski definition) is 1. The van der Waals surface area contributed by atoms with Crippen LogP contribution in [-0.4, -0.2) is 12.7 Å². The van der Waals surface area contributed by atoms with Crippen molar-refractivity contribution in [3.63, 3.8) is 0 Å². The van der Waals surface area contributed by atoms with Gasteiger partial charge in [0.15, 0.2) is 0 Å². The molecule has 1 fully saturated rings. The highest BCUT2D eigenvalue weighted by Gasteiger charge is 2.33. The van der Waals surface area contributed by atoms with E-state index in [0.717, 1.165) is 12.8 Å². The van der Waals surface area contributed by atoms with E-state index in [9.17, 15) is 13.2 Å². The largest absolute Gasteiger partial charge is 0.389 e. The van der Waals surface area contributed by atoms with E-state index in [4.69, 9.17) is 5.73 Å². The van der Waals surface area contributed by atoms with Gasteiger partial charge in [-0.1, -0.05) is 19.3 Å². The van der Waals surface area contributed by atoms with Crippen LogP contribution in [0.5, 0.6) is 0 Å². The third-order valence-corrected chi connectivity index (χ3v) is 2.74. The van der Waals surface area contributed by atoms with Crippen molar-refractivity contribution < 1.29 is 13.2 Å². The van der Waals surface area contributed by atoms with Gasteiger partial charge in [0.05, 0.1) is 0 Å². The van der Waals surface area contributed by atoms with Gasteiger partial charge in [0.1, 0.15) is 0 Å². The molecule has 0 saturated heterocycles. The van der Waals surface area contributed by atoms with Crippen molar-refractivity contribution in [2.75, 3.05) is 6.54 Å². The minimum absolute atomic E-state index is 0.163. The summed E-state index contributed by atoms with van der Waals surface area (Å²) in [7, 11) is 0. The van der Waals surface area contributed by atoms with E-state index >= 15 is 0 Å². The van der Waals surface area contributed by atoms with Crippen LogP contribution >= 0.6 is 0 Å². The van der Waals surface area contributed by atoms with Gasteiger partial charge in [-0.05, 0) is 24.8 Å². The second-order valence-corrected chi connectivity index (χ2v) is 3.95. The summed E-state index contributed by atoms with van der Waals surface area (Å²) < 4.78 is 36.0. The first-order valence-electron chi connectivity index (χ1n) is 4.78. The predicted octanol–water partition coefficient (Wildman–Crippen LogP) is 2.70. The predicted molar refractivity (Wildman–Crippen MR) is 45.2 cm³/mol. The molecule has 1 aliphatic carbocycles. The van der Waals surface area contributed by atoms with Crippen molar-refractivity contribution in [2.24, 2.45) is 17.6 Å². The Hall–Kier alpha value is -0.250. The van der Waals surface area contributed by atoms with Crippen LogP contribution in [0.1, 0.15) is 32.1 Å². The molecule has 13 heavy (non-hydrogen) atoms. The first-order valence-corrected chi connectivity index (χ1v) is 4.78. The van der Waals surface area contributed by atoms with E-state index in [0.29, 0.717) is 12.3 Å². The molecule has 1 rings (SSSR count). The van der Waals surface area contributed by atoms with Crippen LogP contribution in [0.4, 0.5) is 13.2 Å². The molecule has 0 unspecified atom stereocenters. The summed E-state index contributed by atoms with van der Waals surface area (Å²) >= 11 is 0. The van der Waals surface area contributed by atoms with Crippen molar-refractivity contribution in [2.45, 2.75) is 38.3 Å². The molecule has 0 aromatic carbocycles. The molecule has 1 aliphatic rings. The second-order valence-electron chi connectivity index (χ2n) is 3.95. The number of halogens is 3. The fraction of sp³-hybridized carbons (Fsp3) is 1.00. The standard InChI is InChI=1S/C9H16F3N/c10-9(11,12)5-8(6-13)4-7-2-1-3-7/h7-8H,1-6,13H2/t8-/m0/s1. The van der Waals surface area contributed by atoms with Crippen molar-refractivity contribution in [3.05, 3.63) is 0 Å². The fourth-order valence-corrected chi connectivity index (χ4v) is 1.79. The quantitative estimate of drug-likeness (QED) is 0.733. The minimum atomic E-state index is -4.05. The van der Waals surface area contributed by atoms with Gasteiger partial charge < -0.3 is 5.73 Å². The van der Waals surface area contributed by atoms with E-state index in [2.05, 4.69) is 0 Å². The summed E-state index contributed by atoms with van der Waals surface area (Å²) in [6.45, 7) is 0.163. The monoisotopic (exact) mass is 195 g/mol. The van der Waals surface area contributed by atoms with Crippen LogP contribution in [0.15, 0.2) is 0 Å². The van der Waals surface area contributed by atoms with Crippen LogP contribution in [0, 0.1) is 11.8 Å². The zero-order valence-electron chi connectivity index (χ0n) is 7.61. The highest BCUT2D eigenvalue weighted by Crippen LogP contribution is 2.35. The highest BCUT2D eigenvalue weighted by atomic mass is 19.4. The zero-order valence-corrected chi connectivity index (χ0v) is 7.61. The van der Waals surface area contributed by atoms with Gasteiger partial charge in [0, 0.05) is 6.42 Å². The summed E-state index contributed by atoms with van der Waals surface area (Å²) in [5.74, 6) is 0.154. The average Bonchev–Trinajstić information content (AvgIpc) is 1.91. The first kappa shape index (κ1) is 10.8. The lowest BCUT2D eigenvalue weighted by Crippen LogP contribution is -2.26. The zero-order chi connectivity index (χ0) is 9.90. The topological polar surface area (TPSA) is 26.0 Å². The van der Waals surface area contributed by atoms with Gasteiger partial charge in [0.25, 0.3) is 0 Å². The van der Waals surface area contributed by atoms with Gasteiger partial charge in [0.2, 0.25) is 0 Å². The van der Waals surface area contributed by atoms with Crippen LogP contribution < -0.4 is 5.73 Å². The molecule has 0 aliphatic heterocycles. The summed E-state index contributed by atoms with van der Waals surface area (Å²) in [4.78, 5) is 0. The lowest BCUT2D eigenvalue weighted by atomic mass is 9.78. The molecule has 1 saturated carbocycles. The molecule has 0 spiro atoms. The smallest absolute Gasteiger partial charge is 0.330 e. The van der Waals surface area contributed by atoms with E-state index in [1.54, 1.807) is 0 Å². The maximum atomic E-state index is 12.0. The summed E-state index contributed by atoms with van der Waals surface area (Å²) in [5.41, 5.74) is 5.31. The number of rotatable bonds is 4. The molecule has 0 radical (unpaired) electrons. The average molecular weight is 195 g/mol. The van der Waals surface area contributed by atoms with Crippen molar-refractivity contribution in [3.8, 4) is 0 Å². The third kappa shape index (κ3) is 3.98. The van der Waals surface area contributed by atoms with E-state index in [1.807, 2.05) is 0 Å². The maximum Gasteiger partial charge on any atom is 0.389 e. The van der Waals surface area contributed by atoms with E-state index < -0.39 is 12.6 Å². The van der Waals surface area contributed by atoms with E-state index in [-0.39, 0.29) is 12.5 Å². The third-order valence-electron chi connectivity index (χ3n) is 2.74. The Kier molecular flexibility index (Phi) is 3.59.